The van der Waals surface area contributed by atoms with Gasteiger partial charge in [-0.15, -0.1) is 0 Å². The van der Waals surface area contributed by atoms with Crippen molar-refractivity contribution in [3.05, 3.63) is 12.4 Å². The van der Waals surface area contributed by atoms with Gasteiger partial charge in [-0.05, 0) is 0 Å². The summed E-state index contributed by atoms with van der Waals surface area (Å²) in [4.78, 5) is 3.66. The molecule has 0 spiro atoms. The van der Waals surface area contributed by atoms with E-state index in [1.54, 1.807) is 13.2 Å². The molecule has 70 valence electrons. The van der Waals surface area contributed by atoms with E-state index in [1.807, 2.05) is 13.8 Å². The van der Waals surface area contributed by atoms with E-state index in [0.717, 1.165) is 6.26 Å². The third-order valence-electron chi connectivity index (χ3n) is 1.11. The van der Waals surface area contributed by atoms with Gasteiger partial charge in [-0.25, -0.2) is 13.4 Å². The third-order valence-corrected chi connectivity index (χ3v) is 2.17. The number of hydrogen-bond donors (Lipinski definition) is 0. The van der Waals surface area contributed by atoms with Gasteiger partial charge in [0.25, 0.3) is 0 Å². The van der Waals surface area contributed by atoms with Crippen molar-refractivity contribution in [3.8, 4) is 0 Å². The molecule has 4 nitrogen and oxygen atoms in total. The molecular formula is C7H14N2O2S. The molecular weight excluding hydrogens is 176 g/mol. The predicted molar refractivity (Wildman–Crippen MR) is 47.7 cm³/mol. The topological polar surface area (TPSA) is 52.0 Å². The van der Waals surface area contributed by atoms with E-state index >= 15 is 0 Å². The number of hydrogen-bond acceptors (Lipinski definition) is 3. The summed E-state index contributed by atoms with van der Waals surface area (Å²) in [6.45, 7) is 4.00. The zero-order valence-corrected chi connectivity index (χ0v) is 8.59. The summed E-state index contributed by atoms with van der Waals surface area (Å²) in [5.74, 6) is 0. The third kappa shape index (κ3) is 2.65. The first-order chi connectivity index (χ1) is 5.52. The van der Waals surface area contributed by atoms with Crippen molar-refractivity contribution in [2.24, 2.45) is 7.05 Å². The summed E-state index contributed by atoms with van der Waals surface area (Å²) in [6, 6.07) is 0. The minimum Gasteiger partial charge on any atom is -0.325 e. The Kier molecular flexibility index (Phi) is 3.95. The second-order valence-electron chi connectivity index (χ2n) is 2.09. The van der Waals surface area contributed by atoms with Gasteiger partial charge in [0, 0.05) is 25.7 Å². The molecule has 1 rings (SSSR count). The summed E-state index contributed by atoms with van der Waals surface area (Å²) in [7, 11) is -1.50. The molecule has 0 aliphatic carbocycles. The van der Waals surface area contributed by atoms with Crippen LogP contribution in [0.3, 0.4) is 0 Å². The van der Waals surface area contributed by atoms with Gasteiger partial charge in [0.1, 0.15) is 0 Å². The van der Waals surface area contributed by atoms with Crippen LogP contribution in [0.15, 0.2) is 17.6 Å². The minimum atomic E-state index is -3.14. The van der Waals surface area contributed by atoms with E-state index in [9.17, 15) is 8.42 Å². The van der Waals surface area contributed by atoms with Crippen molar-refractivity contribution in [1.82, 2.24) is 9.55 Å². The van der Waals surface area contributed by atoms with Gasteiger partial charge in [0.2, 0.25) is 15.0 Å². The highest BCUT2D eigenvalue weighted by Gasteiger charge is 2.10. The zero-order chi connectivity index (χ0) is 9.78. The van der Waals surface area contributed by atoms with E-state index in [2.05, 4.69) is 4.98 Å². The monoisotopic (exact) mass is 190 g/mol. The van der Waals surface area contributed by atoms with Gasteiger partial charge >= 0.3 is 0 Å². The van der Waals surface area contributed by atoms with Crippen LogP contribution in [0.1, 0.15) is 13.8 Å². The Morgan fingerprint density at radius 3 is 2.08 bits per heavy atom. The molecule has 0 amide bonds. The SMILES string of the molecule is CC.Cn1ccnc1S(C)(=O)=O. The predicted octanol–water partition coefficient (Wildman–Crippen LogP) is 0.850. The smallest absolute Gasteiger partial charge is 0.227 e. The molecule has 0 saturated carbocycles. The Hall–Kier alpha value is -0.840. The number of aromatic nitrogens is 2. The molecule has 0 unspecified atom stereocenters. The van der Waals surface area contributed by atoms with Crippen LogP contribution in [-0.2, 0) is 16.9 Å². The van der Waals surface area contributed by atoms with Gasteiger partial charge in [-0.1, -0.05) is 13.8 Å². The van der Waals surface area contributed by atoms with Crippen molar-refractivity contribution in [1.29, 1.82) is 0 Å². The number of sulfone groups is 1. The lowest BCUT2D eigenvalue weighted by molar-refractivity contribution is 0.585. The van der Waals surface area contributed by atoms with Crippen LogP contribution in [0.25, 0.3) is 0 Å². The number of imidazole rings is 1. The highest BCUT2D eigenvalue weighted by atomic mass is 32.2. The van der Waals surface area contributed by atoms with Gasteiger partial charge in [0.15, 0.2) is 0 Å². The number of rotatable bonds is 1. The molecule has 1 aromatic heterocycles. The molecule has 0 aliphatic rings. The second kappa shape index (κ2) is 4.25. The average molecular weight is 190 g/mol. The van der Waals surface area contributed by atoms with Crippen molar-refractivity contribution in [2.75, 3.05) is 6.26 Å². The minimum absolute atomic E-state index is 0.104. The molecule has 0 aromatic carbocycles. The van der Waals surface area contributed by atoms with E-state index in [1.165, 1.54) is 10.8 Å². The van der Waals surface area contributed by atoms with Gasteiger partial charge < -0.3 is 4.57 Å². The summed E-state index contributed by atoms with van der Waals surface area (Å²) in [5.41, 5.74) is 0. The molecule has 5 heteroatoms. The highest BCUT2D eigenvalue weighted by molar-refractivity contribution is 7.90. The van der Waals surface area contributed by atoms with Crippen molar-refractivity contribution in [2.45, 2.75) is 19.0 Å². The van der Waals surface area contributed by atoms with Crippen LogP contribution >= 0.6 is 0 Å². The fourth-order valence-electron chi connectivity index (χ4n) is 0.709. The fraction of sp³-hybridized carbons (Fsp3) is 0.571. The summed E-state index contributed by atoms with van der Waals surface area (Å²) in [5, 5.41) is 0.104. The van der Waals surface area contributed by atoms with E-state index < -0.39 is 9.84 Å². The van der Waals surface area contributed by atoms with E-state index in [4.69, 9.17) is 0 Å². The molecule has 12 heavy (non-hydrogen) atoms. The molecule has 0 aliphatic heterocycles. The van der Waals surface area contributed by atoms with Crippen LogP contribution in [-0.4, -0.2) is 24.2 Å². The molecule has 0 atom stereocenters. The molecule has 1 heterocycles. The quantitative estimate of drug-likeness (QED) is 0.659. The molecule has 0 fully saturated rings. The number of aryl methyl sites for hydroxylation is 1. The Labute approximate surface area is 73.2 Å². The Bertz CT molecular complexity index is 327. The van der Waals surface area contributed by atoms with Crippen LogP contribution < -0.4 is 0 Å². The van der Waals surface area contributed by atoms with Crippen LogP contribution in [0.2, 0.25) is 0 Å². The van der Waals surface area contributed by atoms with Gasteiger partial charge in [-0.3, -0.25) is 0 Å². The second-order valence-corrected chi connectivity index (χ2v) is 4.00. The Morgan fingerprint density at radius 1 is 1.42 bits per heavy atom. The maximum absolute atomic E-state index is 10.8. The summed E-state index contributed by atoms with van der Waals surface area (Å²) < 4.78 is 23.1. The largest absolute Gasteiger partial charge is 0.325 e. The summed E-state index contributed by atoms with van der Waals surface area (Å²) >= 11 is 0. The first kappa shape index (κ1) is 11.2. The van der Waals surface area contributed by atoms with Gasteiger partial charge in [-0.2, -0.15) is 0 Å². The maximum atomic E-state index is 10.8. The lowest BCUT2D eigenvalue weighted by Gasteiger charge is -1.95. The Morgan fingerprint density at radius 2 is 1.92 bits per heavy atom. The average Bonchev–Trinajstić information content (AvgIpc) is 2.38. The molecule has 0 N–H and O–H groups in total. The first-order valence-corrected chi connectivity index (χ1v) is 5.58. The molecule has 0 saturated heterocycles. The first-order valence-electron chi connectivity index (χ1n) is 3.69. The van der Waals surface area contributed by atoms with E-state index in [0.29, 0.717) is 0 Å². The van der Waals surface area contributed by atoms with Crippen molar-refractivity contribution >= 4 is 9.84 Å². The van der Waals surface area contributed by atoms with Crippen molar-refractivity contribution < 1.29 is 8.42 Å². The molecule has 0 radical (unpaired) electrons. The van der Waals surface area contributed by atoms with Crippen LogP contribution in [0.5, 0.6) is 0 Å². The highest BCUT2D eigenvalue weighted by Crippen LogP contribution is 2.01. The normalized spacial score (nSPS) is 10.3. The Balaban J connectivity index is 0.000000561. The number of nitrogens with zero attached hydrogens (tertiary/aromatic N) is 2. The lowest BCUT2D eigenvalue weighted by atomic mass is 10.9. The van der Waals surface area contributed by atoms with Gasteiger partial charge in [0.05, 0.1) is 0 Å². The lowest BCUT2D eigenvalue weighted by Crippen LogP contribution is -2.04. The van der Waals surface area contributed by atoms with Crippen LogP contribution in [0.4, 0.5) is 0 Å². The summed E-state index contributed by atoms with van der Waals surface area (Å²) in [6.07, 6.45) is 4.18. The van der Waals surface area contributed by atoms with Crippen molar-refractivity contribution in [3.63, 3.8) is 0 Å². The maximum Gasteiger partial charge on any atom is 0.227 e. The van der Waals surface area contributed by atoms with E-state index in [-0.39, 0.29) is 5.16 Å². The van der Waals surface area contributed by atoms with Crippen LogP contribution in [0, 0.1) is 0 Å². The molecule has 0 bridgehead atoms. The fourth-order valence-corrected chi connectivity index (χ4v) is 1.55. The molecule has 1 aromatic rings. The standard InChI is InChI=1S/C5H8N2O2S.C2H6/c1-7-4-3-6-5(7)10(2,8)9;1-2/h3-4H,1-2H3;1-2H3. The zero-order valence-electron chi connectivity index (χ0n) is 7.77.